The van der Waals surface area contributed by atoms with Crippen LogP contribution in [0.15, 0.2) is 28.7 Å². The normalized spacial score (nSPS) is 18.0. The number of anilines is 1. The molecule has 0 aliphatic carbocycles. The highest BCUT2D eigenvalue weighted by Gasteiger charge is 2.38. The first-order valence-electron chi connectivity index (χ1n) is 10.7. The van der Waals surface area contributed by atoms with Crippen molar-refractivity contribution in [3.05, 3.63) is 45.4 Å². The summed E-state index contributed by atoms with van der Waals surface area (Å²) in [4.78, 5) is 61.6. The number of aliphatic hydroxyl groups excluding tert-OH is 1. The lowest BCUT2D eigenvalue weighted by Gasteiger charge is -2.35. The number of fused-ring (bicyclic) bond motifs is 1. The summed E-state index contributed by atoms with van der Waals surface area (Å²) in [5, 5.41) is 9.21. The topological polar surface area (TPSA) is 119 Å². The summed E-state index contributed by atoms with van der Waals surface area (Å²) in [5.41, 5.74) is 0.728. The Balaban J connectivity index is 1.88. The Hall–Kier alpha value is -3.57. The molecule has 2 aromatic heterocycles. The number of barbiturate groups is 1. The Bertz CT molecular complexity index is 1200. The highest BCUT2D eigenvalue weighted by Crippen LogP contribution is 2.24. The van der Waals surface area contributed by atoms with Crippen LogP contribution in [-0.2, 0) is 9.59 Å². The molecule has 11 heteroatoms. The van der Waals surface area contributed by atoms with Gasteiger partial charge in [0, 0.05) is 53.0 Å². The van der Waals surface area contributed by atoms with E-state index in [1.54, 1.807) is 12.3 Å². The van der Waals surface area contributed by atoms with Gasteiger partial charge in [-0.15, -0.1) is 0 Å². The third-order valence-corrected chi connectivity index (χ3v) is 6.08. The van der Waals surface area contributed by atoms with Gasteiger partial charge in [-0.1, -0.05) is 6.07 Å². The standard InChI is InChI=1S/C22H26N6O5/c1-14-5-4-6-28-17(14)23-18(27-9-7-26(8-10-27)11-12-29)15(21(28)32)13-16-19(30)24(2)22(33)25(3)20(16)31/h4-6,13,29H,7-12H2,1-3H3. The van der Waals surface area contributed by atoms with E-state index in [-0.39, 0.29) is 17.7 Å². The Kier molecular flexibility index (Phi) is 6.00. The van der Waals surface area contributed by atoms with E-state index in [1.165, 1.54) is 24.6 Å². The summed E-state index contributed by atoms with van der Waals surface area (Å²) in [5.74, 6) is -1.15. The number of nitrogens with zero attached hydrogens (tertiary/aromatic N) is 6. The van der Waals surface area contributed by atoms with Gasteiger partial charge < -0.3 is 10.0 Å². The number of likely N-dealkylation sites (N-methyl/N-ethyl adjacent to an activating group) is 2. The van der Waals surface area contributed by atoms with Crippen molar-refractivity contribution in [3.63, 3.8) is 0 Å². The number of rotatable bonds is 4. The van der Waals surface area contributed by atoms with Gasteiger partial charge in [-0.25, -0.2) is 9.78 Å². The molecule has 0 aromatic carbocycles. The minimum absolute atomic E-state index is 0.0656. The van der Waals surface area contributed by atoms with Gasteiger partial charge in [-0.2, -0.15) is 0 Å². The quantitative estimate of drug-likeness (QED) is 0.488. The van der Waals surface area contributed by atoms with Crippen LogP contribution < -0.4 is 10.5 Å². The number of urea groups is 1. The lowest BCUT2D eigenvalue weighted by molar-refractivity contribution is -0.134. The number of aliphatic hydroxyl groups is 1. The SMILES string of the molecule is Cc1cccn2c(=O)c(C=C3C(=O)N(C)C(=O)N(C)C3=O)c(N3CCN(CCO)CC3)nc12. The van der Waals surface area contributed by atoms with E-state index < -0.39 is 23.4 Å². The fourth-order valence-corrected chi connectivity index (χ4v) is 4.11. The van der Waals surface area contributed by atoms with E-state index in [4.69, 9.17) is 4.98 Å². The number of aromatic nitrogens is 2. The lowest BCUT2D eigenvalue weighted by Crippen LogP contribution is -2.53. The molecule has 0 radical (unpaired) electrons. The number of β-amino-alcohol motifs (C(OH)–C–C–N with tert-alkyl or cyclic N) is 1. The van der Waals surface area contributed by atoms with Crippen LogP contribution in [0.25, 0.3) is 11.7 Å². The monoisotopic (exact) mass is 454 g/mol. The van der Waals surface area contributed by atoms with Crippen molar-refractivity contribution in [1.29, 1.82) is 0 Å². The Morgan fingerprint density at radius 1 is 1.03 bits per heavy atom. The van der Waals surface area contributed by atoms with E-state index >= 15 is 0 Å². The van der Waals surface area contributed by atoms with Crippen molar-refractivity contribution in [3.8, 4) is 0 Å². The van der Waals surface area contributed by atoms with Gasteiger partial charge in [0.1, 0.15) is 17.0 Å². The fourth-order valence-electron chi connectivity index (χ4n) is 4.11. The van der Waals surface area contributed by atoms with Crippen LogP contribution in [0.5, 0.6) is 0 Å². The third-order valence-electron chi connectivity index (χ3n) is 6.08. The number of carbonyl (C=O) groups excluding carboxylic acids is 3. The summed E-state index contributed by atoms with van der Waals surface area (Å²) in [6.07, 6.45) is 2.85. The van der Waals surface area contributed by atoms with E-state index in [1.807, 2.05) is 17.9 Å². The lowest BCUT2D eigenvalue weighted by atomic mass is 10.1. The van der Waals surface area contributed by atoms with Crippen molar-refractivity contribution >= 4 is 35.4 Å². The molecule has 2 aliphatic heterocycles. The predicted octanol–water partition coefficient (Wildman–Crippen LogP) is -0.449. The molecule has 2 saturated heterocycles. The molecule has 2 aromatic rings. The van der Waals surface area contributed by atoms with E-state index in [9.17, 15) is 24.3 Å². The molecule has 0 saturated carbocycles. The van der Waals surface area contributed by atoms with Crippen LogP contribution in [0.2, 0.25) is 0 Å². The number of pyridine rings is 1. The summed E-state index contributed by atoms with van der Waals surface area (Å²) >= 11 is 0. The van der Waals surface area contributed by atoms with Crippen molar-refractivity contribution < 1.29 is 19.5 Å². The number of imide groups is 2. The Morgan fingerprint density at radius 2 is 1.67 bits per heavy atom. The zero-order valence-electron chi connectivity index (χ0n) is 18.8. The van der Waals surface area contributed by atoms with Crippen molar-refractivity contribution in [2.24, 2.45) is 0 Å². The molecule has 2 fully saturated rings. The molecule has 11 nitrogen and oxygen atoms in total. The van der Waals surface area contributed by atoms with Gasteiger partial charge >= 0.3 is 6.03 Å². The predicted molar refractivity (Wildman–Crippen MR) is 121 cm³/mol. The van der Waals surface area contributed by atoms with Crippen LogP contribution in [0, 0.1) is 6.92 Å². The minimum Gasteiger partial charge on any atom is -0.395 e. The smallest absolute Gasteiger partial charge is 0.333 e. The van der Waals surface area contributed by atoms with E-state index in [2.05, 4.69) is 4.90 Å². The zero-order valence-corrected chi connectivity index (χ0v) is 18.8. The molecule has 1 N–H and O–H groups in total. The molecular formula is C22H26N6O5. The number of amides is 4. The molecule has 2 aliphatic rings. The van der Waals surface area contributed by atoms with Crippen molar-refractivity contribution in [1.82, 2.24) is 24.1 Å². The third kappa shape index (κ3) is 3.89. The molecule has 174 valence electrons. The molecule has 4 heterocycles. The van der Waals surface area contributed by atoms with Crippen molar-refractivity contribution in [2.45, 2.75) is 6.92 Å². The summed E-state index contributed by atoms with van der Waals surface area (Å²) in [6.45, 7) is 4.94. The average molecular weight is 454 g/mol. The van der Waals surface area contributed by atoms with Gasteiger partial charge in [0.15, 0.2) is 0 Å². The molecule has 0 unspecified atom stereocenters. The maximum Gasteiger partial charge on any atom is 0.333 e. The second-order valence-electron chi connectivity index (χ2n) is 8.16. The number of carbonyl (C=O) groups is 3. The van der Waals surface area contributed by atoms with Gasteiger partial charge in [-0.05, 0) is 24.6 Å². The fraction of sp³-hybridized carbons (Fsp3) is 0.409. The molecule has 0 bridgehead atoms. The van der Waals surface area contributed by atoms with Crippen LogP contribution >= 0.6 is 0 Å². The molecule has 4 rings (SSSR count). The molecule has 33 heavy (non-hydrogen) atoms. The second kappa shape index (κ2) is 8.75. The van der Waals surface area contributed by atoms with Gasteiger partial charge in [-0.3, -0.25) is 33.5 Å². The van der Waals surface area contributed by atoms with Crippen molar-refractivity contribution in [2.75, 3.05) is 58.3 Å². The first-order valence-corrected chi connectivity index (χ1v) is 10.7. The van der Waals surface area contributed by atoms with Gasteiger partial charge in [0.2, 0.25) is 0 Å². The first-order chi connectivity index (χ1) is 15.7. The highest BCUT2D eigenvalue weighted by atomic mass is 16.3. The number of hydrogen-bond donors (Lipinski definition) is 1. The first kappa shape index (κ1) is 22.6. The largest absolute Gasteiger partial charge is 0.395 e. The van der Waals surface area contributed by atoms with Crippen LogP contribution in [-0.4, -0.2) is 100 Å². The Morgan fingerprint density at radius 3 is 2.27 bits per heavy atom. The Labute approximate surface area is 190 Å². The molecule has 4 amide bonds. The highest BCUT2D eigenvalue weighted by molar-refractivity contribution is 6.30. The van der Waals surface area contributed by atoms with Crippen LogP contribution in [0.1, 0.15) is 11.1 Å². The van der Waals surface area contributed by atoms with Gasteiger partial charge in [0.05, 0.1) is 12.2 Å². The van der Waals surface area contributed by atoms with Gasteiger partial charge in [0.25, 0.3) is 17.4 Å². The van der Waals surface area contributed by atoms with E-state index in [0.717, 1.165) is 15.4 Å². The van der Waals surface area contributed by atoms with E-state index in [0.29, 0.717) is 44.2 Å². The zero-order chi connectivity index (χ0) is 23.9. The second-order valence-corrected chi connectivity index (χ2v) is 8.16. The molecular weight excluding hydrogens is 428 g/mol. The van der Waals surface area contributed by atoms with Crippen LogP contribution in [0.3, 0.4) is 0 Å². The number of aryl methyl sites for hydroxylation is 1. The number of hydrogen-bond acceptors (Lipinski definition) is 8. The maximum absolute atomic E-state index is 13.5. The average Bonchev–Trinajstić information content (AvgIpc) is 2.81. The molecule has 0 spiro atoms. The van der Waals surface area contributed by atoms with Crippen LogP contribution in [0.4, 0.5) is 10.6 Å². The molecule has 0 atom stereocenters. The summed E-state index contributed by atoms with van der Waals surface area (Å²) in [6, 6.07) is 2.85. The summed E-state index contributed by atoms with van der Waals surface area (Å²) in [7, 11) is 2.58. The maximum atomic E-state index is 13.5. The summed E-state index contributed by atoms with van der Waals surface area (Å²) < 4.78 is 1.39. The minimum atomic E-state index is -0.768. The number of piperazine rings is 1.